The number of carbonyl (C=O) groups excluding carboxylic acids is 1. The lowest BCUT2D eigenvalue weighted by molar-refractivity contribution is 0.0734. The normalized spacial score (nSPS) is 10.6. The van der Waals surface area contributed by atoms with E-state index in [0.29, 0.717) is 35.4 Å². The van der Waals surface area contributed by atoms with Gasteiger partial charge in [0.25, 0.3) is 0 Å². The summed E-state index contributed by atoms with van der Waals surface area (Å²) in [5.41, 5.74) is 0.0552. The van der Waals surface area contributed by atoms with E-state index in [2.05, 4.69) is 0 Å². The monoisotopic (exact) mass is 506 g/mol. The molecule has 0 atom stereocenters. The number of aryl methyl sites for hydroxylation is 1. The Balaban J connectivity index is 1.64. The second-order valence-corrected chi connectivity index (χ2v) is 7.76. The molecule has 0 unspecified atom stereocenters. The fourth-order valence-corrected chi connectivity index (χ4v) is 3.73. The molecule has 4 rings (SSSR count). The summed E-state index contributed by atoms with van der Waals surface area (Å²) < 4.78 is 38.7. The topological polar surface area (TPSA) is 103 Å². The van der Waals surface area contributed by atoms with Crippen LogP contribution < -0.4 is 33.8 Å². The van der Waals surface area contributed by atoms with Crippen LogP contribution in [0.15, 0.2) is 63.8 Å². The molecular formula is C28H26O9. The molecule has 0 aliphatic heterocycles. The minimum atomic E-state index is -0.662. The second kappa shape index (κ2) is 10.9. The number of fused-ring (bicyclic) bond motifs is 1. The molecule has 4 aromatic rings. The Morgan fingerprint density at radius 2 is 1.51 bits per heavy atom. The van der Waals surface area contributed by atoms with Crippen molar-refractivity contribution in [2.24, 2.45) is 0 Å². The van der Waals surface area contributed by atoms with E-state index < -0.39 is 5.97 Å². The summed E-state index contributed by atoms with van der Waals surface area (Å²) >= 11 is 0. The molecule has 3 aromatic carbocycles. The van der Waals surface area contributed by atoms with Crippen LogP contribution in [0.25, 0.3) is 11.0 Å². The first-order valence-electron chi connectivity index (χ1n) is 11.4. The molecular weight excluding hydrogens is 480 g/mol. The molecule has 0 aliphatic carbocycles. The maximum absolute atomic E-state index is 13.2. The first-order valence-corrected chi connectivity index (χ1v) is 11.4. The van der Waals surface area contributed by atoms with Crippen LogP contribution >= 0.6 is 0 Å². The van der Waals surface area contributed by atoms with Gasteiger partial charge in [0, 0.05) is 6.07 Å². The van der Waals surface area contributed by atoms with Crippen LogP contribution in [0, 0.1) is 6.92 Å². The lowest BCUT2D eigenvalue weighted by Crippen LogP contribution is -2.11. The van der Waals surface area contributed by atoms with Crippen LogP contribution in [0.4, 0.5) is 0 Å². The molecule has 9 heteroatoms. The molecule has 0 saturated carbocycles. The Kier molecular flexibility index (Phi) is 7.52. The number of hydrogen-bond acceptors (Lipinski definition) is 9. The molecule has 192 valence electrons. The van der Waals surface area contributed by atoms with Crippen LogP contribution in [0.5, 0.6) is 40.2 Å². The predicted molar refractivity (Wildman–Crippen MR) is 136 cm³/mol. The third-order valence-corrected chi connectivity index (χ3v) is 5.46. The zero-order valence-corrected chi connectivity index (χ0v) is 21.1. The van der Waals surface area contributed by atoms with Crippen LogP contribution in [0.1, 0.15) is 23.0 Å². The fraction of sp³-hybridized carbons (Fsp3) is 0.214. The van der Waals surface area contributed by atoms with Crippen molar-refractivity contribution in [3.05, 3.63) is 76.1 Å². The van der Waals surface area contributed by atoms with E-state index in [9.17, 15) is 9.59 Å². The number of methoxy groups -OCH3 is 3. The standard InChI is InChI=1S/C28H26O9/c1-6-34-20-9-7-8-10-21(20)37-26-16(2)35-22-15-18(11-12-19(22)25(26)29)36-28(30)17-13-23(31-3)27(33-5)24(14-17)32-4/h7-15H,6H2,1-5H3. The third kappa shape index (κ3) is 5.16. The van der Waals surface area contributed by atoms with Crippen LogP contribution in [0.3, 0.4) is 0 Å². The molecule has 1 aromatic heterocycles. The van der Waals surface area contributed by atoms with Gasteiger partial charge in [-0.3, -0.25) is 4.79 Å². The van der Waals surface area contributed by atoms with Crippen molar-refractivity contribution in [2.45, 2.75) is 13.8 Å². The number of ether oxygens (including phenoxy) is 6. The van der Waals surface area contributed by atoms with E-state index in [1.54, 1.807) is 25.1 Å². The van der Waals surface area contributed by atoms with Crippen molar-refractivity contribution in [2.75, 3.05) is 27.9 Å². The highest BCUT2D eigenvalue weighted by atomic mass is 16.5. The number of hydrogen-bond donors (Lipinski definition) is 0. The Labute approximate surface area is 213 Å². The number of rotatable bonds is 9. The minimum Gasteiger partial charge on any atom is -0.493 e. The number of carbonyl (C=O) groups is 1. The Hall–Kier alpha value is -4.66. The summed E-state index contributed by atoms with van der Waals surface area (Å²) in [6.07, 6.45) is 0. The maximum atomic E-state index is 13.2. The minimum absolute atomic E-state index is 0.0434. The molecule has 0 spiro atoms. The van der Waals surface area contributed by atoms with Crippen molar-refractivity contribution in [1.82, 2.24) is 0 Å². The van der Waals surface area contributed by atoms with Gasteiger partial charge < -0.3 is 32.8 Å². The summed E-state index contributed by atoms with van der Waals surface area (Å²) in [6.45, 7) is 3.93. The smallest absolute Gasteiger partial charge is 0.343 e. The molecule has 0 fully saturated rings. The Bertz CT molecular complexity index is 1480. The van der Waals surface area contributed by atoms with E-state index in [1.807, 2.05) is 13.0 Å². The van der Waals surface area contributed by atoms with Gasteiger partial charge in [0.1, 0.15) is 17.1 Å². The molecule has 9 nitrogen and oxygen atoms in total. The summed E-state index contributed by atoms with van der Waals surface area (Å²) in [5.74, 6) is 1.71. The zero-order chi connectivity index (χ0) is 26.5. The van der Waals surface area contributed by atoms with Crippen molar-refractivity contribution in [1.29, 1.82) is 0 Å². The largest absolute Gasteiger partial charge is 0.493 e. The van der Waals surface area contributed by atoms with E-state index in [1.165, 1.54) is 51.7 Å². The summed E-state index contributed by atoms with van der Waals surface area (Å²) in [6, 6.07) is 14.5. The molecule has 0 aliphatic rings. The average Bonchev–Trinajstić information content (AvgIpc) is 2.90. The number of esters is 1. The summed E-state index contributed by atoms with van der Waals surface area (Å²) in [5, 5.41) is 0.266. The quantitative estimate of drug-likeness (QED) is 0.214. The van der Waals surface area contributed by atoms with Crippen molar-refractivity contribution in [3.63, 3.8) is 0 Å². The Morgan fingerprint density at radius 1 is 0.838 bits per heavy atom. The molecule has 0 radical (unpaired) electrons. The highest BCUT2D eigenvalue weighted by Crippen LogP contribution is 2.38. The van der Waals surface area contributed by atoms with Gasteiger partial charge in [-0.1, -0.05) is 12.1 Å². The molecule has 1 heterocycles. The van der Waals surface area contributed by atoms with Crippen molar-refractivity contribution < 1.29 is 37.6 Å². The van der Waals surface area contributed by atoms with Gasteiger partial charge in [-0.15, -0.1) is 0 Å². The molecule has 0 bridgehead atoms. The second-order valence-electron chi connectivity index (χ2n) is 7.76. The van der Waals surface area contributed by atoms with Gasteiger partial charge >= 0.3 is 5.97 Å². The van der Waals surface area contributed by atoms with Crippen LogP contribution in [-0.2, 0) is 0 Å². The van der Waals surface area contributed by atoms with Gasteiger partial charge in [0.05, 0.1) is 38.9 Å². The first-order chi connectivity index (χ1) is 17.9. The lowest BCUT2D eigenvalue weighted by atomic mass is 10.1. The zero-order valence-electron chi connectivity index (χ0n) is 21.1. The molecule has 0 amide bonds. The van der Waals surface area contributed by atoms with Crippen LogP contribution in [0.2, 0.25) is 0 Å². The molecule has 0 saturated heterocycles. The fourth-order valence-electron chi connectivity index (χ4n) is 3.73. The van der Waals surface area contributed by atoms with E-state index in [4.69, 9.17) is 32.8 Å². The highest BCUT2D eigenvalue weighted by Gasteiger charge is 2.20. The van der Waals surface area contributed by atoms with Gasteiger partial charge in [0.2, 0.25) is 16.9 Å². The highest BCUT2D eigenvalue weighted by molar-refractivity contribution is 5.93. The van der Waals surface area contributed by atoms with Crippen molar-refractivity contribution >= 4 is 16.9 Å². The van der Waals surface area contributed by atoms with E-state index >= 15 is 0 Å². The number of para-hydroxylation sites is 2. The van der Waals surface area contributed by atoms with Gasteiger partial charge in [-0.2, -0.15) is 0 Å². The maximum Gasteiger partial charge on any atom is 0.343 e. The lowest BCUT2D eigenvalue weighted by Gasteiger charge is -2.14. The van der Waals surface area contributed by atoms with Gasteiger partial charge in [-0.05, 0) is 50.2 Å². The number of benzene rings is 3. The third-order valence-electron chi connectivity index (χ3n) is 5.46. The van der Waals surface area contributed by atoms with Gasteiger partial charge in [-0.25, -0.2) is 4.79 Å². The van der Waals surface area contributed by atoms with E-state index in [-0.39, 0.29) is 39.2 Å². The summed E-state index contributed by atoms with van der Waals surface area (Å²) in [7, 11) is 4.37. The Morgan fingerprint density at radius 3 is 2.14 bits per heavy atom. The first kappa shape index (κ1) is 25.4. The van der Waals surface area contributed by atoms with Gasteiger partial charge in [0.15, 0.2) is 23.0 Å². The predicted octanol–water partition coefficient (Wildman–Crippen LogP) is 5.54. The summed E-state index contributed by atoms with van der Waals surface area (Å²) in [4.78, 5) is 26.1. The average molecular weight is 507 g/mol. The van der Waals surface area contributed by atoms with Crippen molar-refractivity contribution in [3.8, 4) is 40.2 Å². The molecule has 37 heavy (non-hydrogen) atoms. The van der Waals surface area contributed by atoms with Crippen LogP contribution in [-0.4, -0.2) is 33.9 Å². The van der Waals surface area contributed by atoms with E-state index in [0.717, 1.165) is 0 Å². The molecule has 0 N–H and O–H groups in total. The SMILES string of the molecule is CCOc1ccccc1Oc1c(C)oc2cc(OC(=O)c3cc(OC)c(OC)c(OC)c3)ccc2c1=O.